The van der Waals surface area contributed by atoms with Crippen LogP contribution < -0.4 is 14.4 Å². The first-order valence-electron chi connectivity index (χ1n) is 10.8. The Morgan fingerprint density at radius 1 is 0.824 bits per heavy atom. The molecule has 5 rings (SSSR count). The van der Waals surface area contributed by atoms with Crippen LogP contribution in [0.25, 0.3) is 0 Å². The fraction of sp³-hybridized carbons (Fsp3) is 0.222. The summed E-state index contributed by atoms with van der Waals surface area (Å²) in [6.07, 6.45) is -0.102. The zero-order valence-corrected chi connectivity index (χ0v) is 19.0. The smallest absolute Gasteiger partial charge is 0.241 e. The summed E-state index contributed by atoms with van der Waals surface area (Å²) < 4.78 is 10.7. The van der Waals surface area contributed by atoms with Gasteiger partial charge in [-0.3, -0.25) is 14.4 Å². The average molecular weight is 457 g/mol. The molecule has 1 heterocycles. The number of benzene rings is 3. The van der Waals surface area contributed by atoms with Crippen LogP contribution in [0.1, 0.15) is 31.8 Å². The van der Waals surface area contributed by atoms with Gasteiger partial charge >= 0.3 is 0 Å². The van der Waals surface area contributed by atoms with E-state index < -0.39 is 28.5 Å². The normalized spacial score (nSPS) is 20.4. The third-order valence-electron chi connectivity index (χ3n) is 7.00. The lowest BCUT2D eigenvalue weighted by molar-refractivity contribution is -0.129. The second-order valence-electron chi connectivity index (χ2n) is 8.57. The van der Waals surface area contributed by atoms with Gasteiger partial charge in [-0.2, -0.15) is 0 Å². The lowest BCUT2D eigenvalue weighted by Crippen LogP contribution is -2.64. The van der Waals surface area contributed by atoms with Crippen molar-refractivity contribution < 1.29 is 29.0 Å². The van der Waals surface area contributed by atoms with Crippen molar-refractivity contribution in [3.05, 3.63) is 89.0 Å². The highest BCUT2D eigenvalue weighted by atomic mass is 16.5. The summed E-state index contributed by atoms with van der Waals surface area (Å²) in [6.45, 7) is 0. The Kier molecular flexibility index (Phi) is 4.84. The fourth-order valence-corrected chi connectivity index (χ4v) is 5.34. The molecular formula is C27H23NO6. The summed E-state index contributed by atoms with van der Waals surface area (Å²) >= 11 is 0. The van der Waals surface area contributed by atoms with E-state index in [4.69, 9.17) is 9.47 Å². The SMILES string of the molecule is COc1ccc(CC2(C3(O)C(=O)c4ccccc4C3=O)C(=O)N(C)c3ccccc32)cc1OC. The van der Waals surface area contributed by atoms with Gasteiger partial charge in [-0.25, -0.2) is 0 Å². The number of anilines is 1. The molecule has 1 amide bonds. The molecular weight excluding hydrogens is 434 g/mol. The molecule has 0 aromatic heterocycles. The number of fused-ring (bicyclic) bond motifs is 2. The van der Waals surface area contributed by atoms with Crippen LogP contribution in [0, 0.1) is 0 Å². The predicted octanol–water partition coefficient (Wildman–Crippen LogP) is 2.97. The molecule has 7 heteroatoms. The van der Waals surface area contributed by atoms with Crippen molar-refractivity contribution in [2.24, 2.45) is 0 Å². The largest absolute Gasteiger partial charge is 0.493 e. The fourth-order valence-electron chi connectivity index (χ4n) is 5.34. The maximum atomic E-state index is 14.0. The van der Waals surface area contributed by atoms with Gasteiger partial charge in [0.2, 0.25) is 23.1 Å². The third kappa shape index (κ3) is 2.58. The van der Waals surface area contributed by atoms with Crippen molar-refractivity contribution in [1.82, 2.24) is 0 Å². The summed E-state index contributed by atoms with van der Waals surface area (Å²) in [4.78, 5) is 42.8. The molecule has 3 aromatic rings. The summed E-state index contributed by atoms with van der Waals surface area (Å²) in [5, 5.41) is 12.1. The van der Waals surface area contributed by atoms with Crippen LogP contribution in [0.3, 0.4) is 0 Å². The molecule has 34 heavy (non-hydrogen) atoms. The Morgan fingerprint density at radius 2 is 1.41 bits per heavy atom. The van der Waals surface area contributed by atoms with Gasteiger partial charge in [-0.1, -0.05) is 48.5 Å². The number of nitrogens with zero attached hydrogens (tertiary/aromatic N) is 1. The van der Waals surface area contributed by atoms with Crippen LogP contribution >= 0.6 is 0 Å². The van der Waals surface area contributed by atoms with Gasteiger partial charge in [-0.05, 0) is 35.7 Å². The van der Waals surface area contributed by atoms with E-state index in [-0.39, 0.29) is 17.5 Å². The third-order valence-corrected chi connectivity index (χ3v) is 7.00. The molecule has 1 atom stereocenters. The number of likely N-dealkylation sites (N-methyl/N-ethyl adjacent to an activating group) is 1. The van der Waals surface area contributed by atoms with Crippen LogP contribution in [0.15, 0.2) is 66.7 Å². The molecule has 1 aliphatic heterocycles. The highest BCUT2D eigenvalue weighted by molar-refractivity contribution is 6.36. The monoisotopic (exact) mass is 457 g/mol. The number of hydrogen-bond acceptors (Lipinski definition) is 6. The Hall–Kier alpha value is -3.97. The number of carbonyl (C=O) groups excluding carboxylic acids is 3. The van der Waals surface area contributed by atoms with Crippen molar-refractivity contribution in [1.29, 1.82) is 0 Å². The molecule has 3 aromatic carbocycles. The highest BCUT2D eigenvalue weighted by Gasteiger charge is 2.71. The first-order valence-corrected chi connectivity index (χ1v) is 10.8. The Bertz CT molecular complexity index is 1330. The average Bonchev–Trinajstić information content (AvgIpc) is 3.21. The van der Waals surface area contributed by atoms with E-state index in [9.17, 15) is 19.5 Å². The molecule has 0 fully saturated rings. The number of para-hydroxylation sites is 1. The lowest BCUT2D eigenvalue weighted by Gasteiger charge is -2.39. The maximum absolute atomic E-state index is 14.0. The standard InChI is InChI=1S/C27H23NO6/c1-28-20-11-7-6-10-19(20)26(25(28)31,15-16-12-13-21(33-2)22(14-16)34-3)27(32)23(29)17-8-4-5-9-18(17)24(27)30/h4-14,32H,15H2,1-3H3. The first kappa shape index (κ1) is 21.9. The molecule has 0 saturated heterocycles. The van der Waals surface area contributed by atoms with Crippen LogP contribution in [-0.2, 0) is 16.6 Å². The zero-order valence-electron chi connectivity index (χ0n) is 19.0. The van der Waals surface area contributed by atoms with E-state index in [1.807, 2.05) is 0 Å². The number of carbonyl (C=O) groups is 3. The van der Waals surface area contributed by atoms with Gasteiger partial charge in [0, 0.05) is 23.9 Å². The van der Waals surface area contributed by atoms with Gasteiger partial charge in [0.1, 0.15) is 5.41 Å². The molecule has 7 nitrogen and oxygen atoms in total. The number of rotatable bonds is 5. The topological polar surface area (TPSA) is 93.1 Å². The van der Waals surface area contributed by atoms with Gasteiger partial charge < -0.3 is 19.5 Å². The highest BCUT2D eigenvalue weighted by Crippen LogP contribution is 2.54. The number of hydrogen-bond donors (Lipinski definition) is 1. The van der Waals surface area contributed by atoms with Gasteiger partial charge in [0.05, 0.1) is 14.2 Å². The van der Waals surface area contributed by atoms with Crippen molar-refractivity contribution in [3.8, 4) is 11.5 Å². The lowest BCUT2D eigenvalue weighted by atomic mass is 9.62. The number of Topliss-reactive ketones (excluding diaryl/α,β-unsaturated/α-hetero) is 2. The van der Waals surface area contributed by atoms with Crippen LogP contribution in [-0.4, -0.2) is 49.4 Å². The van der Waals surface area contributed by atoms with Gasteiger partial charge in [0.25, 0.3) is 0 Å². The molecule has 1 N–H and O–H groups in total. The van der Waals surface area contributed by atoms with Crippen molar-refractivity contribution in [3.63, 3.8) is 0 Å². The Morgan fingerprint density at radius 3 is 2.03 bits per heavy atom. The van der Waals surface area contributed by atoms with Crippen LogP contribution in [0.4, 0.5) is 5.69 Å². The van der Waals surface area contributed by atoms with Crippen molar-refractivity contribution in [2.75, 3.05) is 26.2 Å². The zero-order chi connectivity index (χ0) is 24.3. The molecule has 0 radical (unpaired) electrons. The summed E-state index contributed by atoms with van der Waals surface area (Å²) in [5.41, 5.74) is -2.69. The summed E-state index contributed by atoms with van der Waals surface area (Å²) in [5.74, 6) is -1.14. The molecule has 0 bridgehead atoms. The van der Waals surface area contributed by atoms with E-state index in [0.29, 0.717) is 28.3 Å². The van der Waals surface area contributed by atoms with Crippen LogP contribution in [0.2, 0.25) is 0 Å². The predicted molar refractivity (Wildman–Crippen MR) is 125 cm³/mol. The molecule has 2 aliphatic rings. The number of methoxy groups -OCH3 is 2. The number of aliphatic hydroxyl groups is 1. The van der Waals surface area contributed by atoms with E-state index in [1.165, 1.54) is 31.3 Å². The minimum atomic E-state index is -2.61. The van der Waals surface area contributed by atoms with E-state index >= 15 is 0 Å². The van der Waals surface area contributed by atoms with E-state index in [2.05, 4.69) is 0 Å². The molecule has 0 saturated carbocycles. The summed E-state index contributed by atoms with van der Waals surface area (Å²) in [6, 6.07) is 18.3. The molecule has 0 spiro atoms. The van der Waals surface area contributed by atoms with Crippen molar-refractivity contribution >= 4 is 23.2 Å². The number of ketones is 2. The minimum absolute atomic E-state index is 0.102. The van der Waals surface area contributed by atoms with E-state index in [0.717, 1.165) is 0 Å². The molecule has 1 unspecified atom stereocenters. The van der Waals surface area contributed by atoms with Crippen LogP contribution in [0.5, 0.6) is 11.5 Å². The van der Waals surface area contributed by atoms with Gasteiger partial charge in [0.15, 0.2) is 11.5 Å². The quantitative estimate of drug-likeness (QED) is 0.592. The molecule has 1 aliphatic carbocycles. The number of ether oxygens (including phenoxy) is 2. The molecule has 172 valence electrons. The van der Waals surface area contributed by atoms with Gasteiger partial charge in [-0.15, -0.1) is 0 Å². The maximum Gasteiger partial charge on any atom is 0.241 e. The summed E-state index contributed by atoms with van der Waals surface area (Å²) in [7, 11) is 4.59. The Balaban J connectivity index is 1.78. The van der Waals surface area contributed by atoms with E-state index in [1.54, 1.807) is 61.6 Å². The minimum Gasteiger partial charge on any atom is -0.493 e. The Labute approximate surface area is 196 Å². The number of amides is 1. The van der Waals surface area contributed by atoms with Crippen molar-refractivity contribution in [2.45, 2.75) is 17.4 Å². The first-order chi connectivity index (χ1) is 16.3. The second kappa shape index (κ2) is 7.53. The second-order valence-corrected chi connectivity index (χ2v) is 8.57.